The third kappa shape index (κ3) is 2.44. The van der Waals surface area contributed by atoms with Crippen LogP contribution in [0.2, 0.25) is 0 Å². The van der Waals surface area contributed by atoms with Crippen molar-refractivity contribution in [3.8, 4) is 16.9 Å². The van der Waals surface area contributed by atoms with Gasteiger partial charge in [0.15, 0.2) is 5.65 Å². The van der Waals surface area contributed by atoms with Crippen LogP contribution in [0.4, 0.5) is 0 Å². The van der Waals surface area contributed by atoms with Crippen LogP contribution in [0, 0.1) is 5.92 Å². The highest BCUT2D eigenvalue weighted by Crippen LogP contribution is 2.41. The monoisotopic (exact) mass is 322 g/mol. The van der Waals surface area contributed by atoms with E-state index < -0.39 is 0 Å². The molecule has 4 rings (SSSR count). The Morgan fingerprint density at radius 3 is 2.62 bits per heavy atom. The van der Waals surface area contributed by atoms with Gasteiger partial charge < -0.3 is 9.30 Å². The van der Waals surface area contributed by atoms with Crippen molar-refractivity contribution in [2.75, 3.05) is 7.11 Å². The molecular weight excluding hydrogens is 300 g/mol. The number of rotatable bonds is 5. The normalized spacial score (nSPS) is 15.6. The molecule has 0 N–H and O–H groups in total. The molecule has 2 aromatic heterocycles. The number of benzene rings is 1. The number of aromatic nitrogens is 4. The third-order valence-electron chi connectivity index (χ3n) is 4.98. The van der Waals surface area contributed by atoms with Crippen LogP contribution in [0.3, 0.4) is 0 Å². The van der Waals surface area contributed by atoms with E-state index in [4.69, 9.17) is 9.72 Å². The summed E-state index contributed by atoms with van der Waals surface area (Å²) in [5.41, 5.74) is 3.96. The maximum atomic E-state index is 5.25. The predicted molar refractivity (Wildman–Crippen MR) is 94.1 cm³/mol. The Morgan fingerprint density at radius 2 is 2.00 bits per heavy atom. The molecule has 0 spiro atoms. The minimum atomic E-state index is 0.436. The Labute approximate surface area is 141 Å². The van der Waals surface area contributed by atoms with Gasteiger partial charge in [0.1, 0.15) is 17.1 Å². The summed E-state index contributed by atoms with van der Waals surface area (Å²) in [5.74, 6) is 2.69. The lowest BCUT2D eigenvalue weighted by atomic mass is 10.1. The molecule has 0 aliphatic heterocycles. The molecule has 1 saturated carbocycles. The Morgan fingerprint density at radius 1 is 1.25 bits per heavy atom. The average Bonchev–Trinajstić information content (AvgIpc) is 3.41. The van der Waals surface area contributed by atoms with Gasteiger partial charge in [0.05, 0.1) is 13.3 Å². The zero-order chi connectivity index (χ0) is 16.7. The fourth-order valence-electron chi connectivity index (χ4n) is 3.40. The van der Waals surface area contributed by atoms with E-state index in [0.29, 0.717) is 6.04 Å². The zero-order valence-electron chi connectivity index (χ0n) is 14.4. The van der Waals surface area contributed by atoms with Crippen LogP contribution in [-0.2, 0) is 6.42 Å². The van der Waals surface area contributed by atoms with E-state index in [9.17, 15) is 0 Å². The first-order valence-corrected chi connectivity index (χ1v) is 8.59. The summed E-state index contributed by atoms with van der Waals surface area (Å²) in [6, 6.07) is 8.46. The number of ether oxygens (including phenoxy) is 1. The number of aryl methyl sites for hydroxylation is 1. The van der Waals surface area contributed by atoms with E-state index in [0.717, 1.165) is 46.2 Å². The van der Waals surface area contributed by atoms with Crippen LogP contribution in [0.15, 0.2) is 30.5 Å². The molecule has 5 nitrogen and oxygen atoms in total. The molecule has 0 bridgehead atoms. The van der Waals surface area contributed by atoms with Crippen molar-refractivity contribution < 1.29 is 4.74 Å². The zero-order valence-corrected chi connectivity index (χ0v) is 14.4. The molecule has 0 amide bonds. The van der Waals surface area contributed by atoms with Gasteiger partial charge in [-0.15, -0.1) is 5.10 Å². The molecule has 1 atom stereocenters. The highest BCUT2D eigenvalue weighted by atomic mass is 16.5. The van der Waals surface area contributed by atoms with Gasteiger partial charge in [-0.25, -0.2) is 4.98 Å². The number of fused-ring (bicyclic) bond motifs is 1. The number of hydrogen-bond acceptors (Lipinski definition) is 4. The van der Waals surface area contributed by atoms with Crippen LogP contribution < -0.4 is 4.74 Å². The topological polar surface area (TPSA) is 52.8 Å². The second-order valence-corrected chi connectivity index (χ2v) is 6.49. The minimum absolute atomic E-state index is 0.436. The lowest BCUT2D eigenvalue weighted by molar-refractivity contribution is 0.415. The van der Waals surface area contributed by atoms with Gasteiger partial charge in [-0.3, -0.25) is 0 Å². The van der Waals surface area contributed by atoms with Crippen LogP contribution in [-0.4, -0.2) is 26.9 Å². The van der Waals surface area contributed by atoms with Gasteiger partial charge in [-0.2, -0.15) is 5.10 Å². The van der Waals surface area contributed by atoms with E-state index in [2.05, 4.69) is 28.6 Å². The third-order valence-corrected chi connectivity index (χ3v) is 4.98. The number of nitrogens with zero attached hydrogens (tertiary/aromatic N) is 4. The Balaban J connectivity index is 1.87. The fraction of sp³-hybridized carbons (Fsp3) is 0.421. The summed E-state index contributed by atoms with van der Waals surface area (Å²) < 4.78 is 7.55. The fourth-order valence-corrected chi connectivity index (χ4v) is 3.40. The van der Waals surface area contributed by atoms with Gasteiger partial charge in [-0.1, -0.05) is 19.1 Å². The summed E-state index contributed by atoms with van der Waals surface area (Å²) in [6.45, 7) is 4.43. The summed E-state index contributed by atoms with van der Waals surface area (Å²) in [4.78, 5) is 4.91. The first kappa shape index (κ1) is 15.1. The molecule has 0 radical (unpaired) electrons. The first-order chi connectivity index (χ1) is 11.7. The second-order valence-electron chi connectivity index (χ2n) is 6.49. The van der Waals surface area contributed by atoms with Gasteiger partial charge >= 0.3 is 0 Å². The lowest BCUT2D eigenvalue weighted by Gasteiger charge is -2.15. The maximum Gasteiger partial charge on any atom is 0.183 e. The van der Waals surface area contributed by atoms with E-state index in [1.54, 1.807) is 7.11 Å². The van der Waals surface area contributed by atoms with E-state index in [-0.39, 0.29) is 0 Å². The SMILES string of the molecule is CCc1nc2c(-c3ccc(OC)cc3)cnnc2n1C(C)C1CC1. The van der Waals surface area contributed by atoms with Crippen molar-refractivity contribution in [3.63, 3.8) is 0 Å². The van der Waals surface area contributed by atoms with Crippen molar-refractivity contribution in [2.45, 2.75) is 39.2 Å². The summed E-state index contributed by atoms with van der Waals surface area (Å²) in [7, 11) is 1.68. The minimum Gasteiger partial charge on any atom is -0.497 e. The molecule has 1 aromatic carbocycles. The van der Waals surface area contributed by atoms with E-state index >= 15 is 0 Å². The number of methoxy groups -OCH3 is 1. The molecule has 3 aromatic rings. The molecule has 124 valence electrons. The van der Waals surface area contributed by atoms with Gasteiger partial charge in [0, 0.05) is 18.0 Å². The van der Waals surface area contributed by atoms with E-state index in [1.807, 2.05) is 30.5 Å². The second kappa shape index (κ2) is 5.89. The highest BCUT2D eigenvalue weighted by molar-refractivity contribution is 5.89. The molecule has 0 saturated heterocycles. The molecular formula is C19H22N4O. The van der Waals surface area contributed by atoms with Gasteiger partial charge in [0.2, 0.25) is 0 Å². The highest BCUT2D eigenvalue weighted by Gasteiger charge is 2.32. The molecule has 1 unspecified atom stereocenters. The van der Waals surface area contributed by atoms with Crippen LogP contribution in [0.25, 0.3) is 22.3 Å². The largest absolute Gasteiger partial charge is 0.497 e. The smallest absolute Gasteiger partial charge is 0.183 e. The Bertz CT molecular complexity index is 865. The van der Waals surface area contributed by atoms with Crippen molar-refractivity contribution in [1.29, 1.82) is 0 Å². The summed E-state index contributed by atoms with van der Waals surface area (Å²) in [5, 5.41) is 8.69. The first-order valence-electron chi connectivity index (χ1n) is 8.59. The number of imidazole rings is 1. The van der Waals surface area contributed by atoms with Crippen LogP contribution in [0.1, 0.15) is 38.6 Å². The molecule has 1 aliphatic carbocycles. The lowest BCUT2D eigenvalue weighted by Crippen LogP contribution is -2.11. The van der Waals surface area contributed by atoms with Crippen molar-refractivity contribution in [1.82, 2.24) is 19.7 Å². The molecule has 2 heterocycles. The van der Waals surface area contributed by atoms with Gasteiger partial charge in [-0.05, 0) is 43.4 Å². The Kier molecular flexibility index (Phi) is 3.71. The van der Waals surface area contributed by atoms with Crippen molar-refractivity contribution in [2.24, 2.45) is 5.92 Å². The summed E-state index contributed by atoms with van der Waals surface area (Å²) >= 11 is 0. The standard InChI is InChI=1S/C19H22N4O/c1-4-17-21-18-16(14-7-9-15(24-3)10-8-14)11-20-22-19(18)23(17)12(2)13-5-6-13/h7-13H,4-6H2,1-3H3. The van der Waals surface area contributed by atoms with Crippen LogP contribution >= 0.6 is 0 Å². The average molecular weight is 322 g/mol. The van der Waals surface area contributed by atoms with Crippen molar-refractivity contribution in [3.05, 3.63) is 36.3 Å². The Hall–Kier alpha value is -2.43. The maximum absolute atomic E-state index is 5.25. The van der Waals surface area contributed by atoms with E-state index in [1.165, 1.54) is 12.8 Å². The van der Waals surface area contributed by atoms with Crippen LogP contribution in [0.5, 0.6) is 5.75 Å². The number of hydrogen-bond donors (Lipinski definition) is 0. The predicted octanol–water partition coefficient (Wildman–Crippen LogP) is 4.04. The van der Waals surface area contributed by atoms with Gasteiger partial charge in [0.25, 0.3) is 0 Å². The summed E-state index contributed by atoms with van der Waals surface area (Å²) in [6.07, 6.45) is 5.31. The molecule has 24 heavy (non-hydrogen) atoms. The molecule has 1 fully saturated rings. The quantitative estimate of drug-likeness (QED) is 0.711. The molecule has 5 heteroatoms. The molecule has 1 aliphatic rings. The van der Waals surface area contributed by atoms with Crippen molar-refractivity contribution >= 4 is 11.2 Å².